The van der Waals surface area contributed by atoms with E-state index in [-0.39, 0.29) is 17.9 Å². The first-order valence-corrected chi connectivity index (χ1v) is 15.0. The van der Waals surface area contributed by atoms with E-state index in [1.807, 2.05) is 77.7 Å². The molecular weight excluding hydrogens is 544 g/mol. The third kappa shape index (κ3) is 8.75. The summed E-state index contributed by atoms with van der Waals surface area (Å²) >= 11 is 5.26. The lowest BCUT2D eigenvalue weighted by atomic mass is 10.0. The summed E-state index contributed by atoms with van der Waals surface area (Å²) in [5.41, 5.74) is 3.32. The van der Waals surface area contributed by atoms with E-state index in [0.29, 0.717) is 25.1 Å². The Labute approximate surface area is 233 Å². The molecule has 3 aromatic rings. The summed E-state index contributed by atoms with van der Waals surface area (Å²) in [6, 6.07) is 28.0. The third-order valence-corrected chi connectivity index (χ3v) is 8.37. The fourth-order valence-electron chi connectivity index (χ4n) is 4.78. The van der Waals surface area contributed by atoms with Crippen LogP contribution in [-0.2, 0) is 28.3 Å². The van der Waals surface area contributed by atoms with Gasteiger partial charge in [-0.25, -0.2) is 0 Å². The molecule has 194 valence electrons. The third-order valence-electron chi connectivity index (χ3n) is 6.81. The van der Waals surface area contributed by atoms with Crippen LogP contribution < -0.4 is 5.32 Å². The van der Waals surface area contributed by atoms with Crippen LogP contribution in [0.2, 0.25) is 0 Å². The highest BCUT2D eigenvalue weighted by atomic mass is 79.9. The predicted molar refractivity (Wildman–Crippen MR) is 156 cm³/mol. The molecule has 0 saturated heterocycles. The van der Waals surface area contributed by atoms with E-state index in [1.54, 1.807) is 11.8 Å². The second-order valence-electron chi connectivity index (χ2n) is 9.63. The smallest absolute Gasteiger partial charge is 0.243 e. The Morgan fingerprint density at radius 1 is 0.865 bits per heavy atom. The summed E-state index contributed by atoms with van der Waals surface area (Å²) < 4.78 is 0.992. The van der Waals surface area contributed by atoms with Crippen molar-refractivity contribution < 1.29 is 9.59 Å². The monoisotopic (exact) mass is 578 g/mol. The Hall–Kier alpha value is -2.57. The number of halogens is 1. The van der Waals surface area contributed by atoms with Crippen molar-refractivity contribution in [3.8, 4) is 0 Å². The van der Waals surface area contributed by atoms with Crippen molar-refractivity contribution in [1.29, 1.82) is 0 Å². The molecule has 6 heteroatoms. The normalized spacial score (nSPS) is 14.3. The zero-order valence-corrected chi connectivity index (χ0v) is 23.6. The van der Waals surface area contributed by atoms with Crippen LogP contribution >= 0.6 is 27.7 Å². The first-order chi connectivity index (χ1) is 18.1. The number of amides is 2. The van der Waals surface area contributed by atoms with Crippen molar-refractivity contribution in [1.82, 2.24) is 10.2 Å². The molecule has 4 nitrogen and oxygen atoms in total. The standard InChI is InChI=1S/C31H35BrN2O2S/c32-27-17-15-25(16-18-27)22-34(30(35)19-20-37-23-26-11-5-2-6-12-26)29(21-24-9-3-1-4-10-24)31(36)33-28-13-7-8-14-28/h1-6,9-12,15-18,28-29H,7-8,13-14,19-23H2,(H,33,36). The maximum absolute atomic E-state index is 13.7. The number of nitrogens with zero attached hydrogens (tertiary/aromatic N) is 1. The Morgan fingerprint density at radius 3 is 2.14 bits per heavy atom. The van der Waals surface area contributed by atoms with Crippen LogP contribution in [0.4, 0.5) is 0 Å². The van der Waals surface area contributed by atoms with Crippen LogP contribution in [0.3, 0.4) is 0 Å². The van der Waals surface area contributed by atoms with E-state index in [4.69, 9.17) is 0 Å². The Kier molecular flexibility index (Phi) is 10.7. The molecule has 0 heterocycles. The fourth-order valence-corrected chi connectivity index (χ4v) is 5.93. The van der Waals surface area contributed by atoms with Crippen molar-refractivity contribution in [2.45, 2.75) is 62.9 Å². The molecule has 0 aromatic heterocycles. The summed E-state index contributed by atoms with van der Waals surface area (Å²) in [4.78, 5) is 29.2. The second-order valence-corrected chi connectivity index (χ2v) is 11.7. The molecule has 4 rings (SSSR count). The van der Waals surface area contributed by atoms with Crippen molar-refractivity contribution in [2.75, 3.05) is 5.75 Å². The van der Waals surface area contributed by atoms with Gasteiger partial charge in [0, 0.05) is 41.4 Å². The SMILES string of the molecule is O=C(NC1CCCC1)C(Cc1ccccc1)N(Cc1ccc(Br)cc1)C(=O)CCSCc1ccccc1. The molecule has 37 heavy (non-hydrogen) atoms. The van der Waals surface area contributed by atoms with Crippen molar-refractivity contribution in [2.24, 2.45) is 0 Å². The van der Waals surface area contributed by atoms with E-state index in [0.717, 1.165) is 47.0 Å². The van der Waals surface area contributed by atoms with Gasteiger partial charge in [-0.2, -0.15) is 11.8 Å². The first-order valence-electron chi connectivity index (χ1n) is 13.1. The van der Waals surface area contributed by atoms with Gasteiger partial charge in [-0.15, -0.1) is 0 Å². The van der Waals surface area contributed by atoms with Gasteiger partial charge in [0.1, 0.15) is 6.04 Å². The fraction of sp³-hybridized carbons (Fsp3) is 0.355. The molecule has 1 aliphatic rings. The van der Waals surface area contributed by atoms with Gasteiger partial charge in [-0.1, -0.05) is 102 Å². The maximum Gasteiger partial charge on any atom is 0.243 e. The quantitative estimate of drug-likeness (QED) is 0.241. The van der Waals surface area contributed by atoms with Gasteiger partial charge in [0.05, 0.1) is 0 Å². The highest BCUT2D eigenvalue weighted by Crippen LogP contribution is 2.22. The lowest BCUT2D eigenvalue weighted by Crippen LogP contribution is -2.52. The highest BCUT2D eigenvalue weighted by Gasteiger charge is 2.31. The summed E-state index contributed by atoms with van der Waals surface area (Å²) in [5, 5.41) is 3.27. The van der Waals surface area contributed by atoms with Gasteiger partial charge in [0.15, 0.2) is 0 Å². The number of thioether (sulfide) groups is 1. The number of hydrogen-bond acceptors (Lipinski definition) is 3. The highest BCUT2D eigenvalue weighted by molar-refractivity contribution is 9.10. The maximum atomic E-state index is 13.7. The second kappa shape index (κ2) is 14.4. The molecule has 3 aromatic carbocycles. The zero-order valence-electron chi connectivity index (χ0n) is 21.2. The van der Waals surface area contributed by atoms with Crippen LogP contribution in [0.25, 0.3) is 0 Å². The zero-order chi connectivity index (χ0) is 25.9. The van der Waals surface area contributed by atoms with Gasteiger partial charge >= 0.3 is 0 Å². The largest absolute Gasteiger partial charge is 0.352 e. The number of rotatable bonds is 12. The Bertz CT molecular complexity index is 1120. The topological polar surface area (TPSA) is 49.4 Å². The van der Waals surface area contributed by atoms with Gasteiger partial charge in [-0.3, -0.25) is 9.59 Å². The predicted octanol–water partition coefficient (Wildman–Crippen LogP) is 6.77. The van der Waals surface area contributed by atoms with Crippen LogP contribution in [0.1, 0.15) is 48.8 Å². The molecule has 0 bridgehead atoms. The number of carbonyl (C=O) groups excluding carboxylic acids is 2. The van der Waals surface area contributed by atoms with E-state index in [9.17, 15) is 9.59 Å². The molecule has 1 unspecified atom stereocenters. The lowest BCUT2D eigenvalue weighted by molar-refractivity contribution is -0.141. The molecule has 1 aliphatic carbocycles. The molecule has 1 N–H and O–H groups in total. The lowest BCUT2D eigenvalue weighted by Gasteiger charge is -2.32. The summed E-state index contributed by atoms with van der Waals surface area (Å²) in [6.45, 7) is 0.408. The Balaban J connectivity index is 1.52. The minimum atomic E-state index is -0.557. The van der Waals surface area contributed by atoms with Crippen molar-refractivity contribution in [3.05, 3.63) is 106 Å². The van der Waals surface area contributed by atoms with Crippen LogP contribution in [-0.4, -0.2) is 34.6 Å². The molecular formula is C31H35BrN2O2S. The molecule has 2 amide bonds. The minimum absolute atomic E-state index is 0.0194. The Morgan fingerprint density at radius 2 is 1.49 bits per heavy atom. The number of hydrogen-bond donors (Lipinski definition) is 1. The molecule has 1 saturated carbocycles. The summed E-state index contributed by atoms with van der Waals surface area (Å²) in [6.07, 6.45) is 5.22. The van der Waals surface area contributed by atoms with Gasteiger partial charge in [-0.05, 0) is 41.7 Å². The van der Waals surface area contributed by atoms with E-state index in [1.165, 1.54) is 5.56 Å². The van der Waals surface area contributed by atoms with E-state index < -0.39 is 6.04 Å². The van der Waals surface area contributed by atoms with E-state index >= 15 is 0 Å². The summed E-state index contributed by atoms with van der Waals surface area (Å²) in [5.74, 6) is 1.56. The minimum Gasteiger partial charge on any atom is -0.352 e. The van der Waals surface area contributed by atoms with Gasteiger partial charge in [0.25, 0.3) is 0 Å². The molecule has 0 radical (unpaired) electrons. The molecule has 1 fully saturated rings. The van der Waals surface area contributed by atoms with Crippen LogP contribution in [0.5, 0.6) is 0 Å². The average molecular weight is 580 g/mol. The molecule has 0 spiro atoms. The summed E-state index contributed by atoms with van der Waals surface area (Å²) in [7, 11) is 0. The van der Waals surface area contributed by atoms with Crippen LogP contribution in [0.15, 0.2) is 89.4 Å². The van der Waals surface area contributed by atoms with Crippen molar-refractivity contribution in [3.63, 3.8) is 0 Å². The average Bonchev–Trinajstić information content (AvgIpc) is 3.44. The number of carbonyl (C=O) groups is 2. The van der Waals surface area contributed by atoms with Gasteiger partial charge < -0.3 is 10.2 Å². The van der Waals surface area contributed by atoms with Crippen LogP contribution in [0, 0.1) is 0 Å². The number of benzene rings is 3. The first kappa shape index (κ1) is 27.5. The molecule has 0 aliphatic heterocycles. The molecule has 1 atom stereocenters. The van der Waals surface area contributed by atoms with E-state index in [2.05, 4.69) is 33.4 Å². The van der Waals surface area contributed by atoms with Crippen molar-refractivity contribution >= 4 is 39.5 Å². The number of nitrogens with one attached hydrogen (secondary N) is 1. The van der Waals surface area contributed by atoms with Gasteiger partial charge in [0.2, 0.25) is 11.8 Å².